The van der Waals surface area contributed by atoms with Crippen molar-refractivity contribution in [3.63, 3.8) is 0 Å². The van der Waals surface area contributed by atoms with E-state index in [1.807, 2.05) is 26.8 Å². The molecular formula is C18H24O5. The lowest BCUT2D eigenvalue weighted by Crippen LogP contribution is -2.84. The van der Waals surface area contributed by atoms with Gasteiger partial charge < -0.3 is 14.9 Å². The average molecular weight is 320 g/mol. The van der Waals surface area contributed by atoms with Crippen molar-refractivity contribution in [1.82, 2.24) is 0 Å². The summed E-state index contributed by atoms with van der Waals surface area (Å²) < 4.78 is 5.11. The Balaban J connectivity index is 2.32. The molecule has 3 aliphatic carbocycles. The van der Waals surface area contributed by atoms with Gasteiger partial charge in [0.2, 0.25) is 0 Å². The normalized spacial score (nSPS) is 41.0. The summed E-state index contributed by atoms with van der Waals surface area (Å²) in [6.45, 7) is 9.05. The molecule has 0 unspecified atom stereocenters. The molecule has 2 bridgehead atoms. The van der Waals surface area contributed by atoms with Crippen LogP contribution in [0, 0.1) is 16.7 Å². The monoisotopic (exact) mass is 320 g/mol. The van der Waals surface area contributed by atoms with Crippen molar-refractivity contribution >= 4 is 11.8 Å². The van der Waals surface area contributed by atoms with E-state index in [1.54, 1.807) is 6.92 Å². The number of aliphatic hydroxyl groups excluding tert-OH is 1. The first-order valence-corrected chi connectivity index (χ1v) is 8.10. The standard InChI is InChI=1S/C18H24O5/c1-6-23-15(21)12-10(3)13(19)14(20)17-9(2)7-8-11(16(17,4)5)18(12,17)22/h7,11,14,20,22H,6,8H2,1-5H3/t11-,14-,17-,18+/m1/s1. The van der Waals surface area contributed by atoms with Crippen LogP contribution in [0.5, 0.6) is 0 Å². The van der Waals surface area contributed by atoms with Crippen molar-refractivity contribution in [3.8, 4) is 0 Å². The van der Waals surface area contributed by atoms with Crippen LogP contribution in [-0.4, -0.2) is 40.3 Å². The molecule has 0 saturated heterocycles. The summed E-state index contributed by atoms with van der Waals surface area (Å²) in [5.74, 6) is -1.40. The molecule has 0 heterocycles. The lowest BCUT2D eigenvalue weighted by Gasteiger charge is -2.76. The number of hydrogen-bond acceptors (Lipinski definition) is 5. The second-order valence-electron chi connectivity index (χ2n) is 7.46. The molecular weight excluding hydrogens is 296 g/mol. The zero-order valence-electron chi connectivity index (χ0n) is 14.3. The lowest BCUT2D eigenvalue weighted by atomic mass is 9.28. The van der Waals surface area contributed by atoms with Crippen molar-refractivity contribution in [3.05, 3.63) is 22.8 Å². The molecule has 1 spiro atoms. The molecule has 0 radical (unpaired) electrons. The molecule has 3 aliphatic rings. The van der Waals surface area contributed by atoms with Gasteiger partial charge in [-0.05, 0) is 32.6 Å². The topological polar surface area (TPSA) is 83.8 Å². The van der Waals surface area contributed by atoms with Gasteiger partial charge in [0.05, 0.1) is 17.6 Å². The number of hydrogen-bond donors (Lipinski definition) is 2. The number of aliphatic hydroxyl groups is 2. The largest absolute Gasteiger partial charge is 0.463 e. The van der Waals surface area contributed by atoms with Gasteiger partial charge in [-0.1, -0.05) is 25.5 Å². The quantitative estimate of drug-likeness (QED) is 0.595. The molecule has 1 saturated carbocycles. The van der Waals surface area contributed by atoms with E-state index < -0.39 is 34.3 Å². The zero-order valence-corrected chi connectivity index (χ0v) is 14.3. The number of ketones is 1. The van der Waals surface area contributed by atoms with Gasteiger partial charge in [0.1, 0.15) is 11.7 Å². The molecule has 5 heteroatoms. The van der Waals surface area contributed by atoms with Gasteiger partial charge in [0.15, 0.2) is 5.78 Å². The minimum absolute atomic E-state index is 0.0337. The van der Waals surface area contributed by atoms with E-state index in [1.165, 1.54) is 6.92 Å². The number of rotatable bonds is 2. The molecule has 1 fully saturated rings. The number of ether oxygens (including phenoxy) is 1. The van der Waals surface area contributed by atoms with Gasteiger partial charge in [0.25, 0.3) is 0 Å². The van der Waals surface area contributed by atoms with Gasteiger partial charge in [-0.25, -0.2) is 4.79 Å². The Labute approximate surface area is 136 Å². The first-order valence-electron chi connectivity index (χ1n) is 8.10. The number of Topliss-reactive ketones (excluding diaryl/α,β-unsaturated/α-hetero) is 1. The van der Waals surface area contributed by atoms with Crippen molar-refractivity contribution < 1.29 is 24.5 Å². The third-order valence-electron chi connectivity index (χ3n) is 6.54. The molecule has 0 aliphatic heterocycles. The SMILES string of the molecule is CCOC(=O)C1=C(C)C(=O)[C@@H](O)[C@]23C(C)=CC[C@H](C2(C)C)[C@]13O. The Morgan fingerprint density at radius 1 is 1.39 bits per heavy atom. The maximum atomic E-state index is 12.7. The number of fused-ring (bicyclic) bond motifs is 2. The Hall–Kier alpha value is -1.46. The van der Waals surface area contributed by atoms with Crippen LogP contribution in [0.4, 0.5) is 0 Å². The third kappa shape index (κ3) is 1.42. The van der Waals surface area contributed by atoms with Crippen LogP contribution in [0.1, 0.15) is 41.0 Å². The highest BCUT2D eigenvalue weighted by Gasteiger charge is 2.84. The minimum Gasteiger partial charge on any atom is -0.463 e. The van der Waals surface area contributed by atoms with E-state index in [-0.39, 0.29) is 23.7 Å². The maximum Gasteiger partial charge on any atom is 0.337 e. The fourth-order valence-electron chi connectivity index (χ4n) is 5.69. The van der Waals surface area contributed by atoms with Gasteiger partial charge in [0, 0.05) is 11.5 Å². The molecule has 126 valence electrons. The average Bonchev–Trinajstić information content (AvgIpc) is 2.44. The first kappa shape index (κ1) is 16.4. The third-order valence-corrected chi connectivity index (χ3v) is 6.54. The van der Waals surface area contributed by atoms with Crippen molar-refractivity contribution in [1.29, 1.82) is 0 Å². The predicted molar refractivity (Wildman–Crippen MR) is 83.4 cm³/mol. The molecule has 5 nitrogen and oxygen atoms in total. The highest BCUT2D eigenvalue weighted by atomic mass is 16.5. The Kier molecular flexibility index (Phi) is 3.24. The Morgan fingerprint density at radius 3 is 2.52 bits per heavy atom. The van der Waals surface area contributed by atoms with Crippen molar-refractivity contribution in [2.24, 2.45) is 16.7 Å². The van der Waals surface area contributed by atoms with E-state index in [0.717, 1.165) is 5.57 Å². The second-order valence-corrected chi connectivity index (χ2v) is 7.46. The summed E-state index contributed by atoms with van der Waals surface area (Å²) in [6, 6.07) is 0. The van der Waals surface area contributed by atoms with Crippen LogP contribution < -0.4 is 0 Å². The van der Waals surface area contributed by atoms with Crippen LogP contribution in [-0.2, 0) is 14.3 Å². The number of carbonyl (C=O) groups excluding carboxylic acids is 2. The minimum atomic E-state index is -1.56. The molecule has 0 aromatic heterocycles. The van der Waals surface area contributed by atoms with Crippen LogP contribution in [0.25, 0.3) is 0 Å². The van der Waals surface area contributed by atoms with E-state index in [2.05, 4.69) is 0 Å². The fraction of sp³-hybridized carbons (Fsp3) is 0.667. The summed E-state index contributed by atoms with van der Waals surface area (Å²) >= 11 is 0. The van der Waals surface area contributed by atoms with Crippen LogP contribution in [0.3, 0.4) is 0 Å². The van der Waals surface area contributed by atoms with Gasteiger partial charge in [-0.3, -0.25) is 4.79 Å². The van der Waals surface area contributed by atoms with E-state index >= 15 is 0 Å². The molecule has 2 N–H and O–H groups in total. The van der Waals surface area contributed by atoms with Crippen LogP contribution in [0.15, 0.2) is 22.8 Å². The maximum absolute atomic E-state index is 12.7. The molecule has 3 rings (SSSR count). The molecule has 23 heavy (non-hydrogen) atoms. The van der Waals surface area contributed by atoms with E-state index in [9.17, 15) is 19.8 Å². The summed E-state index contributed by atoms with van der Waals surface area (Å²) in [4.78, 5) is 25.2. The zero-order chi connectivity index (χ0) is 17.4. The van der Waals surface area contributed by atoms with Crippen molar-refractivity contribution in [2.45, 2.75) is 52.7 Å². The number of esters is 1. The first-order chi connectivity index (χ1) is 10.6. The molecule has 0 amide bonds. The highest BCUT2D eigenvalue weighted by Crippen LogP contribution is 2.77. The summed E-state index contributed by atoms with van der Waals surface area (Å²) in [6.07, 6.45) is 1.21. The van der Waals surface area contributed by atoms with Crippen LogP contribution in [0.2, 0.25) is 0 Å². The van der Waals surface area contributed by atoms with Gasteiger partial charge >= 0.3 is 5.97 Å². The number of allylic oxidation sites excluding steroid dienone is 1. The summed E-state index contributed by atoms with van der Waals surface area (Å²) in [5.41, 5.74) is -2.30. The van der Waals surface area contributed by atoms with E-state index in [0.29, 0.717) is 6.42 Å². The smallest absolute Gasteiger partial charge is 0.337 e. The lowest BCUT2D eigenvalue weighted by molar-refractivity contribution is -0.305. The van der Waals surface area contributed by atoms with Crippen molar-refractivity contribution in [2.75, 3.05) is 6.61 Å². The fourth-order valence-corrected chi connectivity index (χ4v) is 5.69. The Morgan fingerprint density at radius 2 is 2.00 bits per heavy atom. The summed E-state index contributed by atoms with van der Waals surface area (Å²) in [7, 11) is 0. The Bertz CT molecular complexity index is 671. The number of carbonyl (C=O) groups is 2. The molecule has 0 aromatic carbocycles. The molecule has 0 aromatic rings. The van der Waals surface area contributed by atoms with Gasteiger partial charge in [-0.15, -0.1) is 0 Å². The predicted octanol–water partition coefficient (Wildman–Crippen LogP) is 1.53. The second kappa shape index (κ2) is 4.54. The highest BCUT2D eigenvalue weighted by molar-refractivity contribution is 6.10. The molecule has 4 atom stereocenters. The van der Waals surface area contributed by atoms with Crippen LogP contribution >= 0.6 is 0 Å². The van der Waals surface area contributed by atoms with Gasteiger partial charge in [-0.2, -0.15) is 0 Å². The summed E-state index contributed by atoms with van der Waals surface area (Å²) in [5, 5.41) is 22.4. The van der Waals surface area contributed by atoms with E-state index in [4.69, 9.17) is 4.74 Å².